The first-order valence-corrected chi connectivity index (χ1v) is 22.8. The number of nitrogens with zero attached hydrogens (tertiary/aromatic N) is 4. The molecule has 0 amide bonds. The topological polar surface area (TPSA) is 106 Å². The Bertz CT molecular complexity index is 1840. The summed E-state index contributed by atoms with van der Waals surface area (Å²) < 4.78 is 38.4. The third kappa shape index (κ3) is 7.90. The lowest BCUT2D eigenvalue weighted by molar-refractivity contribution is 0.00578. The van der Waals surface area contributed by atoms with Gasteiger partial charge < -0.3 is 18.3 Å². The average molecular weight is 830 g/mol. The third-order valence-corrected chi connectivity index (χ3v) is 18.1. The molecule has 50 heavy (non-hydrogen) atoms. The number of benzene rings is 1. The number of alkyl halides is 1. The molecule has 0 aliphatic carbocycles. The Kier molecular flexibility index (Phi) is 10.9. The second-order valence-electron chi connectivity index (χ2n) is 17.0. The maximum Gasteiger partial charge on any atom is 0.495 e. The second kappa shape index (κ2) is 13.9. The van der Waals surface area contributed by atoms with E-state index in [2.05, 4.69) is 108 Å². The molecule has 9 nitrogen and oxygen atoms in total. The normalized spacial score (nSPS) is 18.4. The number of rotatable bonds is 10. The van der Waals surface area contributed by atoms with Crippen molar-refractivity contribution in [1.82, 2.24) is 24.5 Å². The van der Waals surface area contributed by atoms with Crippen LogP contribution >= 0.6 is 22.6 Å². The molecule has 3 aromatic heterocycles. The van der Waals surface area contributed by atoms with E-state index in [-0.39, 0.29) is 5.04 Å². The van der Waals surface area contributed by atoms with E-state index in [4.69, 9.17) is 28.8 Å². The Balaban J connectivity index is 1.62. The summed E-state index contributed by atoms with van der Waals surface area (Å²) in [6.45, 7) is 27.9. The minimum Gasteiger partial charge on any atom is -0.598 e. The zero-order valence-electron chi connectivity index (χ0n) is 31.9. The fourth-order valence-electron chi connectivity index (χ4n) is 5.19. The molecule has 5 rings (SSSR count). The molecule has 1 N–H and O–H groups in total. The minimum atomic E-state index is -1.97. The monoisotopic (exact) mass is 829 g/mol. The zero-order chi connectivity index (χ0) is 37.1. The molecule has 0 radical (unpaired) electrons. The molecular weight excluding hydrogens is 776 g/mol. The van der Waals surface area contributed by atoms with Crippen molar-refractivity contribution in [2.75, 3.05) is 4.43 Å². The SMILES string of the molecule is CC(CI)(N[S@+]([O-])C(C)(C)C)c1cccc(-c2cc(B3OC(C)(C)C(C)(C)O3)c3cnn(-c4cccc(CO[Si](C)(C)C(C)(C)C)n4)c3c2)n1. The number of fused-ring (bicyclic) bond motifs is 1. The van der Waals surface area contributed by atoms with Crippen molar-refractivity contribution in [2.45, 2.75) is 122 Å². The summed E-state index contributed by atoms with van der Waals surface area (Å²) in [6.07, 6.45) is 1.86. The highest BCUT2D eigenvalue weighted by Crippen LogP contribution is 2.39. The van der Waals surface area contributed by atoms with Gasteiger partial charge in [-0.2, -0.15) is 5.10 Å². The van der Waals surface area contributed by atoms with Crippen molar-refractivity contribution in [2.24, 2.45) is 0 Å². The van der Waals surface area contributed by atoms with Crippen LogP contribution in [0.15, 0.2) is 54.7 Å². The van der Waals surface area contributed by atoms with Gasteiger partial charge >= 0.3 is 7.12 Å². The van der Waals surface area contributed by atoms with E-state index in [1.807, 2.05) is 68.0 Å². The lowest BCUT2D eigenvalue weighted by Crippen LogP contribution is -2.51. The van der Waals surface area contributed by atoms with Gasteiger partial charge in [0, 0.05) is 26.7 Å². The molecule has 2 atom stereocenters. The van der Waals surface area contributed by atoms with Crippen molar-refractivity contribution in [3.8, 4) is 17.1 Å². The summed E-state index contributed by atoms with van der Waals surface area (Å²) in [5, 5.41) is 5.87. The molecule has 1 unspecified atom stereocenters. The third-order valence-electron chi connectivity index (χ3n) is 10.4. The first-order valence-electron chi connectivity index (χ1n) is 17.2. The summed E-state index contributed by atoms with van der Waals surface area (Å²) in [4.78, 5) is 10.2. The molecule has 1 fully saturated rings. The molecule has 1 aromatic carbocycles. The van der Waals surface area contributed by atoms with Crippen molar-refractivity contribution in [1.29, 1.82) is 0 Å². The van der Waals surface area contributed by atoms with Crippen molar-refractivity contribution < 1.29 is 18.3 Å². The lowest BCUT2D eigenvalue weighted by atomic mass is 9.76. The average Bonchev–Trinajstić information content (AvgIpc) is 3.55. The van der Waals surface area contributed by atoms with Gasteiger partial charge in [-0.15, -0.1) is 4.72 Å². The van der Waals surface area contributed by atoms with Crippen LogP contribution in [0.5, 0.6) is 0 Å². The summed E-state index contributed by atoms with van der Waals surface area (Å²) >= 11 is 1.05. The molecule has 0 spiro atoms. The maximum absolute atomic E-state index is 13.2. The standard InChI is InChI=1S/C37H53BIN5O4SSi/c1-33(2,3)49(45)43-37(11,24-39)31-18-15-17-29(42-31)25-20-28(38-47-35(7,8)36(9,10)48-38)27-22-40-44(30(27)21-25)32-19-14-16-26(41-32)23-46-50(12,13)34(4,5)6/h14-22,43H,23-24H2,1-13H3/t37?,49-/m1/s1. The Morgan fingerprint density at radius 1 is 0.960 bits per heavy atom. The Morgan fingerprint density at radius 3 is 2.20 bits per heavy atom. The van der Waals surface area contributed by atoms with E-state index in [1.54, 1.807) is 0 Å². The Morgan fingerprint density at radius 2 is 1.60 bits per heavy atom. The highest BCUT2D eigenvalue weighted by atomic mass is 127. The second-order valence-corrected chi connectivity index (χ2v) is 24.6. The smallest absolute Gasteiger partial charge is 0.495 e. The predicted octanol–water partition coefficient (Wildman–Crippen LogP) is 8.01. The predicted molar refractivity (Wildman–Crippen MR) is 217 cm³/mol. The molecule has 0 saturated carbocycles. The van der Waals surface area contributed by atoms with Gasteiger partial charge in [-0.05, 0) is 109 Å². The molecule has 0 bridgehead atoms. The van der Waals surface area contributed by atoms with Gasteiger partial charge in [0.1, 0.15) is 10.3 Å². The minimum absolute atomic E-state index is 0.0995. The molecule has 1 aliphatic rings. The van der Waals surface area contributed by atoms with Crippen molar-refractivity contribution in [3.05, 3.63) is 66.1 Å². The zero-order valence-corrected chi connectivity index (χ0v) is 35.9. The van der Waals surface area contributed by atoms with E-state index in [9.17, 15) is 4.55 Å². The van der Waals surface area contributed by atoms with E-state index in [0.29, 0.717) is 16.9 Å². The van der Waals surface area contributed by atoms with Crippen LogP contribution in [-0.4, -0.2) is 60.1 Å². The lowest BCUT2D eigenvalue weighted by Gasteiger charge is -2.36. The molecule has 1 saturated heterocycles. The van der Waals surface area contributed by atoms with Crippen LogP contribution in [0.3, 0.4) is 0 Å². The highest BCUT2D eigenvalue weighted by molar-refractivity contribution is 14.1. The van der Waals surface area contributed by atoms with Crippen LogP contribution in [0, 0.1) is 0 Å². The fraction of sp³-hybridized carbons (Fsp3) is 0.541. The van der Waals surface area contributed by atoms with E-state index >= 15 is 0 Å². The van der Waals surface area contributed by atoms with E-state index < -0.39 is 48.3 Å². The van der Waals surface area contributed by atoms with E-state index in [1.165, 1.54) is 0 Å². The maximum atomic E-state index is 13.2. The summed E-state index contributed by atoms with van der Waals surface area (Å²) in [5.74, 6) is 0.696. The van der Waals surface area contributed by atoms with Crippen LogP contribution in [0.1, 0.15) is 87.5 Å². The largest absolute Gasteiger partial charge is 0.598 e. The molecule has 4 heterocycles. The van der Waals surface area contributed by atoms with Gasteiger partial charge in [0.25, 0.3) is 0 Å². The van der Waals surface area contributed by atoms with Crippen LogP contribution in [0.2, 0.25) is 18.1 Å². The Labute approximate surface area is 316 Å². The van der Waals surface area contributed by atoms with Gasteiger partial charge in [0.2, 0.25) is 0 Å². The van der Waals surface area contributed by atoms with Gasteiger partial charge in [0.05, 0.1) is 46.6 Å². The summed E-state index contributed by atoms with van der Waals surface area (Å²) in [5.41, 5.74) is 3.39. The van der Waals surface area contributed by atoms with Crippen LogP contribution < -0.4 is 10.2 Å². The van der Waals surface area contributed by atoms with Gasteiger partial charge in [0.15, 0.2) is 14.1 Å². The first-order chi connectivity index (χ1) is 23.0. The highest BCUT2D eigenvalue weighted by Gasteiger charge is 2.52. The summed E-state index contributed by atoms with van der Waals surface area (Å²) in [7, 11) is -2.58. The number of halogens is 1. The first kappa shape index (κ1) is 39.4. The molecular formula is C37H53BIN5O4SSi. The van der Waals surface area contributed by atoms with Gasteiger partial charge in [-0.3, -0.25) is 4.98 Å². The number of hydrogen-bond donors (Lipinski definition) is 1. The number of hydrogen-bond acceptors (Lipinski definition) is 8. The van der Waals surface area contributed by atoms with Crippen molar-refractivity contribution >= 4 is 65.8 Å². The van der Waals surface area contributed by atoms with Crippen LogP contribution in [-0.2, 0) is 37.2 Å². The fourth-order valence-corrected chi connectivity index (χ4v) is 7.87. The number of aromatic nitrogens is 4. The van der Waals surface area contributed by atoms with Gasteiger partial charge in [-0.1, -0.05) is 61.6 Å². The number of nitrogens with one attached hydrogen (secondary N) is 1. The molecule has 13 heteroatoms. The summed E-state index contributed by atoms with van der Waals surface area (Å²) in [6, 6.07) is 16.2. The number of pyridine rings is 2. The quantitative estimate of drug-likeness (QED) is 0.0743. The van der Waals surface area contributed by atoms with Gasteiger partial charge in [-0.25, -0.2) is 9.67 Å². The molecule has 4 aromatic rings. The molecule has 1 aliphatic heterocycles. The molecule has 270 valence electrons. The Hall–Kier alpha value is -1.85. The van der Waals surface area contributed by atoms with Crippen LogP contribution in [0.25, 0.3) is 28.0 Å². The van der Waals surface area contributed by atoms with Crippen LogP contribution in [0.4, 0.5) is 0 Å². The van der Waals surface area contributed by atoms with Crippen molar-refractivity contribution in [3.63, 3.8) is 0 Å². The van der Waals surface area contributed by atoms with E-state index in [0.717, 1.165) is 39.0 Å².